The Morgan fingerprint density at radius 1 is 1.15 bits per heavy atom. The van der Waals surface area contributed by atoms with Crippen molar-refractivity contribution in [2.45, 2.75) is 18.9 Å². The zero-order valence-corrected chi connectivity index (χ0v) is 13.1. The fraction of sp³-hybridized carbons (Fsp3) is 0.357. The number of nitrogens with zero attached hydrogens (tertiary/aromatic N) is 3. The third-order valence-electron chi connectivity index (χ3n) is 3.06. The van der Waals surface area contributed by atoms with Gasteiger partial charge in [0.15, 0.2) is 0 Å². The molecule has 2 aromatic rings. The number of alkyl halides is 6. The minimum Gasteiger partial charge on any atom is -0.453 e. The summed E-state index contributed by atoms with van der Waals surface area (Å²) in [5.74, 6) is -1.84. The SMILES string of the molecule is COC(=O)N(Cc1ccc(-c2noc(C(F)(F)F)n2)cc1)CC(F)(F)F. The van der Waals surface area contributed by atoms with Gasteiger partial charge in [-0.2, -0.15) is 31.3 Å². The molecule has 12 heteroatoms. The van der Waals surface area contributed by atoms with Gasteiger partial charge in [0.2, 0.25) is 5.82 Å². The number of carbonyl (C=O) groups excluding carboxylic acids is 1. The summed E-state index contributed by atoms with van der Waals surface area (Å²) in [6, 6.07) is 5.24. The summed E-state index contributed by atoms with van der Waals surface area (Å²) in [6.07, 6.45) is -10.6. The van der Waals surface area contributed by atoms with E-state index in [9.17, 15) is 31.1 Å². The van der Waals surface area contributed by atoms with Crippen LogP contribution in [0.2, 0.25) is 0 Å². The second-order valence-corrected chi connectivity index (χ2v) is 5.06. The Kier molecular flexibility index (Phi) is 5.42. The van der Waals surface area contributed by atoms with Gasteiger partial charge in [0, 0.05) is 12.1 Å². The average molecular weight is 383 g/mol. The third kappa shape index (κ3) is 5.10. The van der Waals surface area contributed by atoms with Gasteiger partial charge in [0.05, 0.1) is 7.11 Å². The number of aromatic nitrogens is 2. The molecule has 0 saturated carbocycles. The Bertz CT molecular complexity index is 755. The molecule has 0 aliphatic carbocycles. The predicted molar refractivity (Wildman–Crippen MR) is 73.6 cm³/mol. The summed E-state index contributed by atoms with van der Waals surface area (Å²) in [4.78, 5) is 15.1. The maximum atomic E-state index is 12.5. The molecule has 1 aromatic heterocycles. The van der Waals surface area contributed by atoms with E-state index in [1.54, 1.807) is 0 Å². The topological polar surface area (TPSA) is 68.5 Å². The molecule has 6 nitrogen and oxygen atoms in total. The first kappa shape index (κ1) is 19.5. The fourth-order valence-corrected chi connectivity index (χ4v) is 1.97. The molecular weight excluding hydrogens is 372 g/mol. The zero-order chi connectivity index (χ0) is 19.5. The molecule has 0 spiro atoms. The Hall–Kier alpha value is -2.79. The van der Waals surface area contributed by atoms with Gasteiger partial charge in [-0.05, 0) is 5.56 Å². The van der Waals surface area contributed by atoms with Crippen molar-refractivity contribution in [3.05, 3.63) is 35.7 Å². The van der Waals surface area contributed by atoms with Crippen LogP contribution in [0.5, 0.6) is 0 Å². The van der Waals surface area contributed by atoms with Gasteiger partial charge in [-0.1, -0.05) is 29.4 Å². The monoisotopic (exact) mass is 383 g/mol. The summed E-state index contributed by atoms with van der Waals surface area (Å²) in [7, 11) is 0.948. The van der Waals surface area contributed by atoms with Crippen molar-refractivity contribution >= 4 is 6.09 Å². The van der Waals surface area contributed by atoms with Gasteiger partial charge in [0.1, 0.15) is 6.54 Å². The van der Waals surface area contributed by atoms with E-state index in [0.717, 1.165) is 7.11 Å². The zero-order valence-electron chi connectivity index (χ0n) is 13.1. The third-order valence-corrected chi connectivity index (χ3v) is 3.06. The standard InChI is InChI=1S/C14H11F6N3O3/c1-25-12(24)23(7-13(15,16)17)6-8-2-4-9(5-3-8)10-21-11(26-22-10)14(18,19)20/h2-5H,6-7H2,1H3. The first-order chi connectivity index (χ1) is 12.0. The number of amides is 1. The van der Waals surface area contributed by atoms with E-state index >= 15 is 0 Å². The van der Waals surface area contributed by atoms with Crippen molar-refractivity contribution in [3.8, 4) is 11.4 Å². The van der Waals surface area contributed by atoms with Gasteiger partial charge in [0.25, 0.3) is 0 Å². The van der Waals surface area contributed by atoms with Crippen LogP contribution < -0.4 is 0 Å². The number of halogens is 6. The maximum Gasteiger partial charge on any atom is 0.471 e. The lowest BCUT2D eigenvalue weighted by molar-refractivity contribution is -0.159. The van der Waals surface area contributed by atoms with E-state index in [1.165, 1.54) is 24.3 Å². The lowest BCUT2D eigenvalue weighted by Gasteiger charge is -2.22. The highest BCUT2D eigenvalue weighted by atomic mass is 19.4. The first-order valence-electron chi connectivity index (χ1n) is 6.89. The van der Waals surface area contributed by atoms with E-state index < -0.39 is 37.4 Å². The number of rotatable bonds is 4. The molecule has 0 unspecified atom stereocenters. The van der Waals surface area contributed by atoms with Crippen molar-refractivity contribution in [3.63, 3.8) is 0 Å². The number of carbonyl (C=O) groups is 1. The molecule has 0 saturated heterocycles. The van der Waals surface area contributed by atoms with Crippen LogP contribution in [-0.4, -0.2) is 41.0 Å². The Morgan fingerprint density at radius 3 is 2.23 bits per heavy atom. The molecule has 0 atom stereocenters. The molecule has 142 valence electrons. The number of benzene rings is 1. The molecule has 0 fully saturated rings. The van der Waals surface area contributed by atoms with E-state index in [2.05, 4.69) is 19.4 Å². The van der Waals surface area contributed by atoms with Gasteiger partial charge in [-0.25, -0.2) is 4.79 Å². The van der Waals surface area contributed by atoms with E-state index in [1.807, 2.05) is 0 Å². The molecule has 1 aromatic carbocycles. The van der Waals surface area contributed by atoms with Crippen LogP contribution in [-0.2, 0) is 17.5 Å². The average Bonchev–Trinajstić information content (AvgIpc) is 3.03. The summed E-state index contributed by atoms with van der Waals surface area (Å²) < 4.78 is 83.3. The lowest BCUT2D eigenvalue weighted by atomic mass is 10.1. The second-order valence-electron chi connectivity index (χ2n) is 5.06. The van der Waals surface area contributed by atoms with Gasteiger partial charge >= 0.3 is 24.3 Å². The summed E-state index contributed by atoms with van der Waals surface area (Å²) in [5.41, 5.74) is 0.455. The van der Waals surface area contributed by atoms with Gasteiger partial charge < -0.3 is 9.26 Å². The van der Waals surface area contributed by atoms with Crippen LogP contribution in [0.3, 0.4) is 0 Å². The molecule has 0 N–H and O–H groups in total. The van der Waals surface area contributed by atoms with Crippen LogP contribution in [0, 0.1) is 0 Å². The van der Waals surface area contributed by atoms with Crippen LogP contribution in [0.25, 0.3) is 11.4 Å². The summed E-state index contributed by atoms with van der Waals surface area (Å²) in [6.45, 7) is -1.92. The first-order valence-corrected chi connectivity index (χ1v) is 6.89. The van der Waals surface area contributed by atoms with E-state index in [0.29, 0.717) is 10.5 Å². The molecule has 0 aliphatic heterocycles. The number of hydrogen-bond acceptors (Lipinski definition) is 5. The molecule has 1 amide bonds. The van der Waals surface area contributed by atoms with E-state index in [-0.39, 0.29) is 11.4 Å². The lowest BCUT2D eigenvalue weighted by Crippen LogP contribution is -2.38. The Morgan fingerprint density at radius 2 is 1.77 bits per heavy atom. The van der Waals surface area contributed by atoms with Crippen LogP contribution in [0.1, 0.15) is 11.5 Å². The van der Waals surface area contributed by atoms with Crippen molar-refractivity contribution in [1.82, 2.24) is 15.0 Å². The maximum absolute atomic E-state index is 12.5. The highest BCUT2D eigenvalue weighted by Crippen LogP contribution is 2.29. The van der Waals surface area contributed by atoms with E-state index in [4.69, 9.17) is 0 Å². The Balaban J connectivity index is 2.15. The van der Waals surface area contributed by atoms with Gasteiger partial charge in [-0.15, -0.1) is 0 Å². The van der Waals surface area contributed by atoms with Crippen molar-refractivity contribution in [2.75, 3.05) is 13.7 Å². The highest BCUT2D eigenvalue weighted by Gasteiger charge is 2.38. The van der Waals surface area contributed by atoms with Crippen molar-refractivity contribution in [2.24, 2.45) is 0 Å². The van der Waals surface area contributed by atoms with Crippen molar-refractivity contribution in [1.29, 1.82) is 0 Å². The summed E-state index contributed by atoms with van der Waals surface area (Å²) >= 11 is 0. The number of hydrogen-bond donors (Lipinski definition) is 0. The molecule has 2 rings (SSSR count). The minimum absolute atomic E-state index is 0.161. The van der Waals surface area contributed by atoms with Crippen LogP contribution >= 0.6 is 0 Å². The van der Waals surface area contributed by atoms with Crippen molar-refractivity contribution < 1.29 is 40.4 Å². The molecule has 1 heterocycles. The summed E-state index contributed by atoms with van der Waals surface area (Å²) in [5, 5.41) is 3.19. The molecule has 0 radical (unpaired) electrons. The molecule has 0 aliphatic rings. The number of ether oxygens (including phenoxy) is 1. The molecule has 26 heavy (non-hydrogen) atoms. The smallest absolute Gasteiger partial charge is 0.453 e. The minimum atomic E-state index is -4.79. The Labute approximate surface area is 142 Å². The molecular formula is C14H11F6N3O3. The predicted octanol–water partition coefficient (Wildman–Crippen LogP) is 3.89. The van der Waals surface area contributed by atoms with Gasteiger partial charge in [-0.3, -0.25) is 4.90 Å². The van der Waals surface area contributed by atoms with Crippen LogP contribution in [0.4, 0.5) is 31.1 Å². The number of methoxy groups -OCH3 is 1. The quantitative estimate of drug-likeness (QED) is 0.750. The second kappa shape index (κ2) is 7.22. The molecule has 0 bridgehead atoms. The van der Waals surface area contributed by atoms with Crippen LogP contribution in [0.15, 0.2) is 28.8 Å². The fourth-order valence-electron chi connectivity index (χ4n) is 1.97. The largest absolute Gasteiger partial charge is 0.471 e. The highest BCUT2D eigenvalue weighted by molar-refractivity contribution is 5.67. The normalized spacial score (nSPS) is 12.1.